The number of amides is 1. The number of hydrogen-bond acceptors (Lipinski definition) is 4. The molecule has 0 aromatic heterocycles. The highest BCUT2D eigenvalue weighted by Crippen LogP contribution is 2.08. The summed E-state index contributed by atoms with van der Waals surface area (Å²) in [5.41, 5.74) is 0. The van der Waals surface area contributed by atoms with Crippen molar-refractivity contribution in [2.24, 2.45) is 5.92 Å². The molecule has 1 aliphatic rings. The Labute approximate surface area is 95.9 Å². The van der Waals surface area contributed by atoms with Crippen molar-refractivity contribution in [2.75, 3.05) is 13.7 Å². The fourth-order valence-electron chi connectivity index (χ4n) is 1.79. The molecule has 2 atom stereocenters. The summed E-state index contributed by atoms with van der Waals surface area (Å²) in [4.78, 5) is 23.2. The van der Waals surface area contributed by atoms with E-state index < -0.39 is 6.04 Å². The zero-order valence-corrected chi connectivity index (χ0v) is 10.1. The van der Waals surface area contributed by atoms with E-state index in [4.69, 9.17) is 0 Å². The predicted octanol–water partition coefficient (Wildman–Crippen LogP) is 0.0522. The molecule has 0 saturated carbocycles. The smallest absolute Gasteiger partial charge is 0.328 e. The Balaban J connectivity index is 2.53. The van der Waals surface area contributed by atoms with Gasteiger partial charge in [-0.15, -0.1) is 0 Å². The summed E-state index contributed by atoms with van der Waals surface area (Å²) in [6.07, 6.45) is 1.83. The van der Waals surface area contributed by atoms with Crippen LogP contribution >= 0.6 is 0 Å². The molecule has 0 aromatic rings. The topological polar surface area (TPSA) is 67.4 Å². The highest BCUT2D eigenvalue weighted by Gasteiger charge is 2.29. The van der Waals surface area contributed by atoms with Crippen molar-refractivity contribution >= 4 is 11.9 Å². The molecular weight excluding hydrogens is 208 g/mol. The van der Waals surface area contributed by atoms with Crippen LogP contribution in [0, 0.1) is 5.92 Å². The van der Waals surface area contributed by atoms with E-state index in [1.807, 2.05) is 13.8 Å². The van der Waals surface area contributed by atoms with E-state index in [2.05, 4.69) is 15.4 Å². The molecule has 1 amide bonds. The zero-order chi connectivity index (χ0) is 12.1. The van der Waals surface area contributed by atoms with Crippen molar-refractivity contribution in [3.05, 3.63) is 0 Å². The average Bonchev–Trinajstić information content (AvgIpc) is 2.77. The molecule has 1 heterocycles. The molecule has 0 spiro atoms. The normalized spacial score (nSPS) is 21.9. The van der Waals surface area contributed by atoms with Crippen LogP contribution in [-0.2, 0) is 14.3 Å². The van der Waals surface area contributed by atoms with Crippen LogP contribution < -0.4 is 10.6 Å². The fourth-order valence-corrected chi connectivity index (χ4v) is 1.79. The van der Waals surface area contributed by atoms with Crippen LogP contribution in [0.3, 0.4) is 0 Å². The highest BCUT2D eigenvalue weighted by atomic mass is 16.5. The molecule has 0 aliphatic carbocycles. The molecule has 0 unspecified atom stereocenters. The van der Waals surface area contributed by atoms with E-state index in [1.54, 1.807) is 0 Å². The third-order valence-corrected chi connectivity index (χ3v) is 2.80. The number of carbonyl (C=O) groups is 2. The van der Waals surface area contributed by atoms with Gasteiger partial charge >= 0.3 is 5.97 Å². The Morgan fingerprint density at radius 1 is 1.44 bits per heavy atom. The first-order valence-corrected chi connectivity index (χ1v) is 5.68. The molecule has 16 heavy (non-hydrogen) atoms. The van der Waals surface area contributed by atoms with Crippen molar-refractivity contribution < 1.29 is 14.3 Å². The third-order valence-electron chi connectivity index (χ3n) is 2.80. The first kappa shape index (κ1) is 13.0. The van der Waals surface area contributed by atoms with Gasteiger partial charge in [-0.1, -0.05) is 13.8 Å². The lowest BCUT2D eigenvalue weighted by atomic mass is 10.0. The molecule has 92 valence electrons. The maximum absolute atomic E-state index is 11.8. The van der Waals surface area contributed by atoms with Crippen molar-refractivity contribution in [1.82, 2.24) is 10.6 Å². The van der Waals surface area contributed by atoms with Crippen LogP contribution in [0.4, 0.5) is 0 Å². The van der Waals surface area contributed by atoms with Gasteiger partial charge in [-0.05, 0) is 25.3 Å². The molecule has 2 N–H and O–H groups in total. The van der Waals surface area contributed by atoms with Crippen molar-refractivity contribution in [3.63, 3.8) is 0 Å². The maximum Gasteiger partial charge on any atom is 0.328 e. The molecule has 5 heteroatoms. The Kier molecular flexibility index (Phi) is 4.73. The average molecular weight is 228 g/mol. The van der Waals surface area contributed by atoms with Crippen LogP contribution in [0.2, 0.25) is 0 Å². The molecule has 0 aromatic carbocycles. The van der Waals surface area contributed by atoms with E-state index in [1.165, 1.54) is 7.11 Å². The first-order valence-electron chi connectivity index (χ1n) is 5.68. The minimum Gasteiger partial charge on any atom is -0.467 e. The number of hydrogen-bond donors (Lipinski definition) is 2. The van der Waals surface area contributed by atoms with Crippen LogP contribution in [0.5, 0.6) is 0 Å². The van der Waals surface area contributed by atoms with Crippen LogP contribution in [-0.4, -0.2) is 37.6 Å². The number of esters is 1. The van der Waals surface area contributed by atoms with Gasteiger partial charge in [0.05, 0.1) is 13.2 Å². The van der Waals surface area contributed by atoms with E-state index in [9.17, 15) is 9.59 Å². The second-order valence-corrected chi connectivity index (χ2v) is 4.40. The summed E-state index contributed by atoms with van der Waals surface area (Å²) < 4.78 is 4.66. The standard InChI is InChI=1S/C11H20N2O3/c1-7(2)9(11(15)16-3)13-10(14)8-5-4-6-12-8/h7-9,12H,4-6H2,1-3H3,(H,13,14)/t8-,9+/m1/s1. The summed E-state index contributed by atoms with van der Waals surface area (Å²) in [5, 5.41) is 5.83. The van der Waals surface area contributed by atoms with Gasteiger partial charge in [-0.2, -0.15) is 0 Å². The number of carbonyl (C=O) groups excluding carboxylic acids is 2. The molecule has 1 rings (SSSR count). The predicted molar refractivity (Wildman–Crippen MR) is 59.8 cm³/mol. The van der Waals surface area contributed by atoms with E-state index in [-0.39, 0.29) is 23.8 Å². The van der Waals surface area contributed by atoms with Gasteiger partial charge in [0.1, 0.15) is 6.04 Å². The summed E-state index contributed by atoms with van der Waals surface area (Å²) in [6, 6.07) is -0.717. The third kappa shape index (κ3) is 3.20. The quantitative estimate of drug-likeness (QED) is 0.667. The Morgan fingerprint density at radius 3 is 2.56 bits per heavy atom. The lowest BCUT2D eigenvalue weighted by Gasteiger charge is -2.21. The van der Waals surface area contributed by atoms with E-state index >= 15 is 0 Å². The Morgan fingerprint density at radius 2 is 2.12 bits per heavy atom. The highest BCUT2D eigenvalue weighted by molar-refractivity contribution is 5.87. The SMILES string of the molecule is COC(=O)[C@@H](NC(=O)[C@H]1CCCN1)C(C)C. The maximum atomic E-state index is 11.8. The van der Waals surface area contributed by atoms with Gasteiger partial charge in [0.2, 0.25) is 5.91 Å². The second-order valence-electron chi connectivity index (χ2n) is 4.40. The van der Waals surface area contributed by atoms with Crippen LogP contribution in [0.15, 0.2) is 0 Å². The zero-order valence-electron chi connectivity index (χ0n) is 10.1. The lowest BCUT2D eigenvalue weighted by molar-refractivity contribution is -0.146. The molecular formula is C11H20N2O3. The molecule has 1 aliphatic heterocycles. The molecule has 5 nitrogen and oxygen atoms in total. The summed E-state index contributed by atoms with van der Waals surface area (Å²) in [6.45, 7) is 4.62. The van der Waals surface area contributed by atoms with Crippen LogP contribution in [0.25, 0.3) is 0 Å². The summed E-state index contributed by atoms with van der Waals surface area (Å²) in [5.74, 6) is -0.472. The number of rotatable bonds is 4. The minimum atomic E-state index is -0.556. The lowest BCUT2D eigenvalue weighted by Crippen LogP contribution is -2.50. The van der Waals surface area contributed by atoms with Gasteiger partial charge in [0.25, 0.3) is 0 Å². The van der Waals surface area contributed by atoms with Crippen molar-refractivity contribution in [2.45, 2.75) is 38.8 Å². The number of ether oxygens (including phenoxy) is 1. The Bertz CT molecular complexity index is 260. The van der Waals surface area contributed by atoms with Gasteiger partial charge in [-0.25, -0.2) is 4.79 Å². The molecule has 0 bridgehead atoms. The van der Waals surface area contributed by atoms with Gasteiger partial charge in [-0.3, -0.25) is 4.79 Å². The summed E-state index contributed by atoms with van der Waals surface area (Å²) in [7, 11) is 1.33. The second kappa shape index (κ2) is 5.84. The number of methoxy groups -OCH3 is 1. The van der Waals surface area contributed by atoms with Gasteiger partial charge in [0.15, 0.2) is 0 Å². The monoisotopic (exact) mass is 228 g/mol. The molecule has 1 saturated heterocycles. The largest absolute Gasteiger partial charge is 0.467 e. The fraction of sp³-hybridized carbons (Fsp3) is 0.818. The Hall–Kier alpha value is -1.10. The van der Waals surface area contributed by atoms with E-state index in [0.717, 1.165) is 19.4 Å². The number of nitrogens with one attached hydrogen (secondary N) is 2. The van der Waals surface area contributed by atoms with Gasteiger partial charge < -0.3 is 15.4 Å². The first-order chi connectivity index (χ1) is 7.56. The van der Waals surface area contributed by atoms with Crippen LogP contribution in [0.1, 0.15) is 26.7 Å². The molecule has 1 fully saturated rings. The summed E-state index contributed by atoms with van der Waals surface area (Å²) >= 11 is 0. The van der Waals surface area contributed by atoms with Crippen molar-refractivity contribution in [1.29, 1.82) is 0 Å². The minimum absolute atomic E-state index is 0.0257. The molecule has 0 radical (unpaired) electrons. The van der Waals surface area contributed by atoms with Gasteiger partial charge in [0, 0.05) is 0 Å². The van der Waals surface area contributed by atoms with E-state index in [0.29, 0.717) is 0 Å². The van der Waals surface area contributed by atoms with Crippen molar-refractivity contribution in [3.8, 4) is 0 Å².